The summed E-state index contributed by atoms with van der Waals surface area (Å²) in [4.78, 5) is 23.3. The van der Waals surface area contributed by atoms with Gasteiger partial charge in [0.25, 0.3) is 0 Å². The van der Waals surface area contributed by atoms with Gasteiger partial charge in [-0.05, 0) is 31.9 Å². The first-order chi connectivity index (χ1) is 8.02. The predicted octanol–water partition coefficient (Wildman–Crippen LogP) is 1.70. The maximum Gasteiger partial charge on any atom is 0.310 e. The van der Waals surface area contributed by atoms with Crippen molar-refractivity contribution in [1.82, 2.24) is 5.32 Å². The first-order valence-corrected chi connectivity index (χ1v) is 6.77. The zero-order valence-electron chi connectivity index (χ0n) is 10.2. The van der Waals surface area contributed by atoms with Crippen LogP contribution in [0.5, 0.6) is 0 Å². The summed E-state index contributed by atoms with van der Waals surface area (Å²) in [5.41, 5.74) is -0.900. The molecule has 2 atom stereocenters. The van der Waals surface area contributed by atoms with Crippen molar-refractivity contribution in [2.24, 2.45) is 11.3 Å². The molecule has 98 valence electrons. The highest BCUT2D eigenvalue weighted by atomic mass is 32.1. The zero-order valence-corrected chi connectivity index (χ0v) is 11.1. The van der Waals surface area contributed by atoms with Gasteiger partial charge in [-0.3, -0.25) is 9.59 Å². The molecule has 0 aromatic carbocycles. The van der Waals surface area contributed by atoms with Crippen LogP contribution >= 0.6 is 12.6 Å². The van der Waals surface area contributed by atoms with Crippen molar-refractivity contribution in [2.45, 2.75) is 39.0 Å². The van der Waals surface area contributed by atoms with Gasteiger partial charge in [0.15, 0.2) is 0 Å². The van der Waals surface area contributed by atoms with Gasteiger partial charge in [0.1, 0.15) is 0 Å². The fourth-order valence-corrected chi connectivity index (χ4v) is 2.58. The van der Waals surface area contributed by atoms with E-state index in [-0.39, 0.29) is 5.91 Å². The van der Waals surface area contributed by atoms with Crippen LogP contribution in [-0.2, 0) is 9.59 Å². The van der Waals surface area contributed by atoms with Crippen LogP contribution in [0.3, 0.4) is 0 Å². The maximum atomic E-state index is 12.0. The van der Waals surface area contributed by atoms with Crippen molar-refractivity contribution in [2.75, 3.05) is 12.3 Å². The van der Waals surface area contributed by atoms with E-state index in [2.05, 4.69) is 17.9 Å². The molecule has 2 N–H and O–H groups in total. The lowest BCUT2D eigenvalue weighted by atomic mass is 9.67. The number of aliphatic carboxylic acids is 1. The van der Waals surface area contributed by atoms with Gasteiger partial charge in [-0.2, -0.15) is 12.6 Å². The highest BCUT2D eigenvalue weighted by Gasteiger charge is 2.46. The topological polar surface area (TPSA) is 66.4 Å². The molecule has 0 aromatic heterocycles. The van der Waals surface area contributed by atoms with E-state index in [1.165, 1.54) is 0 Å². The lowest BCUT2D eigenvalue weighted by molar-refractivity contribution is -0.158. The third kappa shape index (κ3) is 3.37. The van der Waals surface area contributed by atoms with Gasteiger partial charge in [-0.25, -0.2) is 0 Å². The molecule has 0 spiro atoms. The molecule has 1 amide bonds. The first-order valence-electron chi connectivity index (χ1n) is 6.14. The number of carbonyl (C=O) groups excluding carboxylic acids is 1. The number of amides is 1. The molecule has 1 fully saturated rings. The Morgan fingerprint density at radius 1 is 1.47 bits per heavy atom. The Balaban J connectivity index is 2.65. The van der Waals surface area contributed by atoms with E-state index in [0.717, 1.165) is 25.0 Å². The Bertz CT molecular complexity index is 295. The number of rotatable bonds is 5. The average molecular weight is 259 g/mol. The molecule has 0 radical (unpaired) electrons. The highest BCUT2D eigenvalue weighted by molar-refractivity contribution is 7.80. The molecule has 1 saturated carbocycles. The van der Waals surface area contributed by atoms with Crippen LogP contribution < -0.4 is 5.32 Å². The molecule has 17 heavy (non-hydrogen) atoms. The van der Waals surface area contributed by atoms with Gasteiger partial charge >= 0.3 is 5.97 Å². The van der Waals surface area contributed by atoms with Gasteiger partial charge in [-0.15, -0.1) is 0 Å². The fourth-order valence-electron chi connectivity index (χ4n) is 2.42. The maximum absolute atomic E-state index is 12.0. The molecule has 1 aliphatic rings. The molecular weight excluding hydrogens is 238 g/mol. The van der Waals surface area contributed by atoms with Crippen LogP contribution in [0.15, 0.2) is 0 Å². The van der Waals surface area contributed by atoms with Crippen LogP contribution in [0, 0.1) is 11.3 Å². The minimum Gasteiger partial charge on any atom is -0.481 e. The highest BCUT2D eigenvalue weighted by Crippen LogP contribution is 2.41. The number of nitrogens with one attached hydrogen (secondary N) is 1. The lowest BCUT2D eigenvalue weighted by Gasteiger charge is -2.36. The van der Waals surface area contributed by atoms with Crippen LogP contribution in [0.4, 0.5) is 0 Å². The zero-order chi connectivity index (χ0) is 12.9. The SMILES string of the molecule is CC1(C(=O)O)CCCCC1C(=O)NCCCS. The third-order valence-corrected chi connectivity index (χ3v) is 3.96. The standard InChI is InChI=1S/C12H21NO3S/c1-12(11(15)16)6-3-2-5-9(12)10(14)13-7-4-8-17/h9,17H,2-8H2,1H3,(H,13,14)(H,15,16). The number of thiol groups is 1. The van der Waals surface area contributed by atoms with E-state index in [1.807, 2.05) is 0 Å². The van der Waals surface area contributed by atoms with Crippen molar-refractivity contribution < 1.29 is 14.7 Å². The quantitative estimate of drug-likeness (QED) is 0.520. The molecule has 2 unspecified atom stereocenters. The monoisotopic (exact) mass is 259 g/mol. The normalized spacial score (nSPS) is 28.7. The van der Waals surface area contributed by atoms with E-state index in [1.54, 1.807) is 6.92 Å². The molecule has 1 aliphatic carbocycles. The molecule has 0 saturated heterocycles. The van der Waals surface area contributed by atoms with Crippen LogP contribution in [0.2, 0.25) is 0 Å². The molecular formula is C12H21NO3S. The van der Waals surface area contributed by atoms with Gasteiger partial charge < -0.3 is 10.4 Å². The Kier molecular flexibility index (Phi) is 5.31. The fraction of sp³-hybridized carbons (Fsp3) is 0.833. The van der Waals surface area contributed by atoms with E-state index < -0.39 is 17.3 Å². The summed E-state index contributed by atoms with van der Waals surface area (Å²) in [7, 11) is 0. The molecule has 4 nitrogen and oxygen atoms in total. The van der Waals surface area contributed by atoms with Gasteiger partial charge in [0, 0.05) is 6.54 Å². The number of carbonyl (C=O) groups is 2. The van der Waals surface area contributed by atoms with Crippen molar-refractivity contribution in [3.05, 3.63) is 0 Å². The second-order valence-electron chi connectivity index (χ2n) is 4.89. The largest absolute Gasteiger partial charge is 0.481 e. The van der Waals surface area contributed by atoms with E-state index in [4.69, 9.17) is 0 Å². The smallest absolute Gasteiger partial charge is 0.310 e. The molecule has 0 heterocycles. The molecule has 1 rings (SSSR count). The Labute approximate surface area is 108 Å². The second kappa shape index (κ2) is 6.28. The Morgan fingerprint density at radius 2 is 2.18 bits per heavy atom. The summed E-state index contributed by atoms with van der Waals surface area (Å²) in [5, 5.41) is 12.1. The minimum atomic E-state index is -0.900. The second-order valence-corrected chi connectivity index (χ2v) is 5.34. The van der Waals surface area contributed by atoms with Crippen LogP contribution in [0.25, 0.3) is 0 Å². The van der Waals surface area contributed by atoms with E-state index in [0.29, 0.717) is 19.4 Å². The summed E-state index contributed by atoms with van der Waals surface area (Å²) in [6, 6.07) is 0. The van der Waals surface area contributed by atoms with Crippen molar-refractivity contribution >= 4 is 24.5 Å². The third-order valence-electron chi connectivity index (χ3n) is 3.65. The number of hydrogen-bond acceptors (Lipinski definition) is 3. The number of carboxylic acids is 1. The van der Waals surface area contributed by atoms with Gasteiger partial charge in [0.05, 0.1) is 11.3 Å². The van der Waals surface area contributed by atoms with E-state index >= 15 is 0 Å². The molecule has 0 bridgehead atoms. The Hall–Kier alpha value is -0.710. The lowest BCUT2D eigenvalue weighted by Crippen LogP contribution is -2.47. The number of hydrogen-bond donors (Lipinski definition) is 3. The van der Waals surface area contributed by atoms with Crippen molar-refractivity contribution in [3.8, 4) is 0 Å². The van der Waals surface area contributed by atoms with Crippen LogP contribution in [0.1, 0.15) is 39.0 Å². The van der Waals surface area contributed by atoms with Crippen molar-refractivity contribution in [1.29, 1.82) is 0 Å². The first kappa shape index (κ1) is 14.4. The number of carboxylic acid groups (broad SMARTS) is 1. The predicted molar refractivity (Wildman–Crippen MR) is 69.2 cm³/mol. The van der Waals surface area contributed by atoms with Gasteiger partial charge in [-0.1, -0.05) is 12.8 Å². The molecule has 0 aliphatic heterocycles. The average Bonchev–Trinajstić information content (AvgIpc) is 2.29. The summed E-state index contributed by atoms with van der Waals surface area (Å²) < 4.78 is 0. The summed E-state index contributed by atoms with van der Waals surface area (Å²) in [6.07, 6.45) is 3.91. The van der Waals surface area contributed by atoms with Crippen molar-refractivity contribution in [3.63, 3.8) is 0 Å². The van der Waals surface area contributed by atoms with Crippen LogP contribution in [-0.4, -0.2) is 29.3 Å². The summed E-state index contributed by atoms with van der Waals surface area (Å²) in [6.45, 7) is 2.27. The minimum absolute atomic E-state index is 0.114. The molecule has 5 heteroatoms. The molecule has 0 aromatic rings. The van der Waals surface area contributed by atoms with Gasteiger partial charge in [0.2, 0.25) is 5.91 Å². The summed E-state index contributed by atoms with van der Waals surface area (Å²) >= 11 is 4.07. The van der Waals surface area contributed by atoms with E-state index in [9.17, 15) is 14.7 Å². The Morgan fingerprint density at radius 3 is 2.76 bits per heavy atom. The summed E-state index contributed by atoms with van der Waals surface area (Å²) in [5.74, 6) is -0.641.